The van der Waals surface area contributed by atoms with E-state index in [1.807, 2.05) is 30.3 Å². The molecule has 0 spiro atoms. The third-order valence-electron chi connectivity index (χ3n) is 3.02. The molecule has 0 radical (unpaired) electrons. The van der Waals surface area contributed by atoms with Crippen LogP contribution in [0.4, 0.5) is 0 Å². The van der Waals surface area contributed by atoms with Gasteiger partial charge in [-0.3, -0.25) is 4.98 Å². The molecule has 3 rings (SSSR count). The molecule has 0 fully saturated rings. The van der Waals surface area contributed by atoms with E-state index < -0.39 is 0 Å². The average Bonchev–Trinajstić information content (AvgIpc) is 2.46. The first kappa shape index (κ1) is 10.5. The molecule has 0 saturated carbocycles. The Bertz CT molecular complexity index is 749. The van der Waals surface area contributed by atoms with E-state index in [1.165, 1.54) is 5.39 Å². The van der Waals surface area contributed by atoms with Crippen molar-refractivity contribution in [1.29, 1.82) is 5.26 Å². The van der Waals surface area contributed by atoms with Crippen LogP contribution in [0.2, 0.25) is 0 Å². The van der Waals surface area contributed by atoms with Crippen molar-refractivity contribution in [3.8, 4) is 17.2 Å². The summed E-state index contributed by atoms with van der Waals surface area (Å²) in [6.07, 6.45) is 3.33. The number of benzene rings is 2. The molecule has 2 aromatic carbocycles. The molecule has 0 aliphatic rings. The first-order valence-electron chi connectivity index (χ1n) is 5.72. The average molecular weight is 230 g/mol. The van der Waals surface area contributed by atoms with Crippen LogP contribution in [0.25, 0.3) is 21.9 Å². The molecule has 1 heterocycles. The van der Waals surface area contributed by atoms with Gasteiger partial charge in [-0.2, -0.15) is 5.26 Å². The first-order valence-corrected chi connectivity index (χ1v) is 5.72. The van der Waals surface area contributed by atoms with Gasteiger partial charge in [0.25, 0.3) is 0 Å². The Morgan fingerprint density at radius 3 is 2.61 bits per heavy atom. The van der Waals surface area contributed by atoms with Gasteiger partial charge < -0.3 is 0 Å². The Morgan fingerprint density at radius 2 is 1.72 bits per heavy atom. The summed E-state index contributed by atoms with van der Waals surface area (Å²) in [6, 6.07) is 18.4. The summed E-state index contributed by atoms with van der Waals surface area (Å²) in [7, 11) is 0. The second-order valence-electron chi connectivity index (χ2n) is 4.06. The van der Waals surface area contributed by atoms with Crippen LogP contribution in [0.3, 0.4) is 0 Å². The van der Waals surface area contributed by atoms with Crippen molar-refractivity contribution in [2.24, 2.45) is 0 Å². The summed E-state index contributed by atoms with van der Waals surface area (Å²) in [5.74, 6) is 0. The molecule has 0 aliphatic heterocycles. The highest BCUT2D eigenvalue weighted by Crippen LogP contribution is 2.30. The van der Waals surface area contributed by atoms with Crippen LogP contribution in [0.5, 0.6) is 0 Å². The maximum Gasteiger partial charge on any atom is 0.101 e. The van der Waals surface area contributed by atoms with Crippen LogP contribution in [0, 0.1) is 11.3 Å². The maximum atomic E-state index is 9.16. The fraction of sp³-hybridized carbons (Fsp3) is 0. The highest BCUT2D eigenvalue weighted by atomic mass is 14.6. The predicted molar refractivity (Wildman–Crippen MR) is 71.9 cm³/mol. The summed E-state index contributed by atoms with van der Waals surface area (Å²) < 4.78 is 0. The van der Waals surface area contributed by atoms with Crippen LogP contribution in [0.1, 0.15) is 5.56 Å². The molecule has 2 nitrogen and oxygen atoms in total. The zero-order valence-electron chi connectivity index (χ0n) is 9.67. The quantitative estimate of drug-likeness (QED) is 0.638. The van der Waals surface area contributed by atoms with Gasteiger partial charge in [0.05, 0.1) is 5.56 Å². The van der Waals surface area contributed by atoms with E-state index in [4.69, 9.17) is 5.26 Å². The minimum atomic E-state index is 0.605. The van der Waals surface area contributed by atoms with Gasteiger partial charge in [0.2, 0.25) is 0 Å². The number of pyridine rings is 1. The number of rotatable bonds is 1. The van der Waals surface area contributed by atoms with E-state index in [2.05, 4.69) is 29.3 Å². The molecular weight excluding hydrogens is 220 g/mol. The standard InChI is InChI=1S/C16H10N2/c17-10-13-11-18-9-8-15(13)16-7-3-5-12-4-1-2-6-14(12)16/h1-9,11H. The van der Waals surface area contributed by atoms with Gasteiger partial charge in [0, 0.05) is 18.0 Å². The molecule has 0 unspecified atom stereocenters. The Hall–Kier alpha value is -2.66. The first-order chi connectivity index (χ1) is 8.90. The number of hydrogen-bond donors (Lipinski definition) is 0. The molecular formula is C16H10N2. The van der Waals surface area contributed by atoms with Crippen molar-refractivity contribution in [3.63, 3.8) is 0 Å². The number of nitriles is 1. The third kappa shape index (κ3) is 1.63. The zero-order valence-corrected chi connectivity index (χ0v) is 9.67. The van der Waals surface area contributed by atoms with Crippen LogP contribution >= 0.6 is 0 Å². The van der Waals surface area contributed by atoms with Crippen molar-refractivity contribution < 1.29 is 0 Å². The highest BCUT2D eigenvalue weighted by Gasteiger charge is 2.07. The zero-order chi connectivity index (χ0) is 12.4. The topological polar surface area (TPSA) is 36.7 Å². The largest absolute Gasteiger partial charge is 0.263 e. The number of hydrogen-bond acceptors (Lipinski definition) is 2. The van der Waals surface area contributed by atoms with Gasteiger partial charge >= 0.3 is 0 Å². The van der Waals surface area contributed by atoms with E-state index in [1.54, 1.807) is 12.4 Å². The van der Waals surface area contributed by atoms with Crippen LogP contribution in [-0.2, 0) is 0 Å². The van der Waals surface area contributed by atoms with Crippen LogP contribution < -0.4 is 0 Å². The molecule has 0 N–H and O–H groups in total. The van der Waals surface area contributed by atoms with Gasteiger partial charge in [-0.1, -0.05) is 42.5 Å². The number of nitrogens with zero attached hydrogens (tertiary/aromatic N) is 2. The summed E-state index contributed by atoms with van der Waals surface area (Å²) in [4.78, 5) is 4.00. The molecule has 3 aromatic rings. The second-order valence-corrected chi connectivity index (χ2v) is 4.06. The van der Waals surface area contributed by atoms with Gasteiger partial charge in [-0.15, -0.1) is 0 Å². The fourth-order valence-corrected chi connectivity index (χ4v) is 2.18. The highest BCUT2D eigenvalue weighted by molar-refractivity contribution is 5.97. The minimum Gasteiger partial charge on any atom is -0.263 e. The minimum absolute atomic E-state index is 0.605. The molecule has 2 heteroatoms. The molecule has 1 aromatic heterocycles. The second kappa shape index (κ2) is 4.31. The lowest BCUT2D eigenvalue weighted by Gasteiger charge is -2.07. The Kier molecular flexibility index (Phi) is 2.51. The number of fused-ring (bicyclic) bond motifs is 1. The smallest absolute Gasteiger partial charge is 0.101 e. The van der Waals surface area contributed by atoms with Gasteiger partial charge in [-0.05, 0) is 22.4 Å². The van der Waals surface area contributed by atoms with Crippen molar-refractivity contribution in [2.75, 3.05) is 0 Å². The SMILES string of the molecule is N#Cc1cnccc1-c1cccc2ccccc12. The van der Waals surface area contributed by atoms with Gasteiger partial charge in [0.1, 0.15) is 6.07 Å². The molecule has 18 heavy (non-hydrogen) atoms. The molecule has 84 valence electrons. The van der Waals surface area contributed by atoms with Crippen molar-refractivity contribution in [3.05, 3.63) is 66.5 Å². The lowest BCUT2D eigenvalue weighted by molar-refractivity contribution is 1.30. The predicted octanol–water partition coefficient (Wildman–Crippen LogP) is 3.77. The molecule has 0 bridgehead atoms. The summed E-state index contributed by atoms with van der Waals surface area (Å²) in [5, 5.41) is 11.5. The van der Waals surface area contributed by atoms with E-state index >= 15 is 0 Å². The summed E-state index contributed by atoms with van der Waals surface area (Å²) >= 11 is 0. The summed E-state index contributed by atoms with van der Waals surface area (Å²) in [6.45, 7) is 0. The Morgan fingerprint density at radius 1 is 0.889 bits per heavy atom. The molecule has 0 aliphatic carbocycles. The maximum absolute atomic E-state index is 9.16. The van der Waals surface area contributed by atoms with E-state index in [0.29, 0.717) is 5.56 Å². The van der Waals surface area contributed by atoms with E-state index in [0.717, 1.165) is 16.5 Å². The fourth-order valence-electron chi connectivity index (χ4n) is 2.18. The normalized spacial score (nSPS) is 10.2. The van der Waals surface area contributed by atoms with Crippen LogP contribution in [0.15, 0.2) is 60.9 Å². The van der Waals surface area contributed by atoms with Crippen molar-refractivity contribution in [1.82, 2.24) is 4.98 Å². The van der Waals surface area contributed by atoms with Gasteiger partial charge in [0.15, 0.2) is 0 Å². The third-order valence-corrected chi connectivity index (χ3v) is 3.02. The van der Waals surface area contributed by atoms with Gasteiger partial charge in [-0.25, -0.2) is 0 Å². The molecule has 0 saturated heterocycles. The van der Waals surface area contributed by atoms with Crippen LogP contribution in [-0.4, -0.2) is 4.98 Å². The van der Waals surface area contributed by atoms with Crippen molar-refractivity contribution >= 4 is 10.8 Å². The lowest BCUT2D eigenvalue weighted by Crippen LogP contribution is -1.87. The molecule has 0 amide bonds. The number of aromatic nitrogens is 1. The van der Waals surface area contributed by atoms with E-state index in [-0.39, 0.29) is 0 Å². The lowest BCUT2D eigenvalue weighted by atomic mass is 9.96. The van der Waals surface area contributed by atoms with Crippen molar-refractivity contribution in [2.45, 2.75) is 0 Å². The Labute approximate surface area is 105 Å². The van der Waals surface area contributed by atoms with E-state index in [9.17, 15) is 0 Å². The monoisotopic (exact) mass is 230 g/mol. The summed E-state index contributed by atoms with van der Waals surface area (Å²) in [5.41, 5.74) is 2.62. The molecule has 0 atom stereocenters. The Balaban J connectivity index is 2.36.